The lowest BCUT2D eigenvalue weighted by atomic mass is 9.90. The molecule has 32 heavy (non-hydrogen) atoms. The topological polar surface area (TPSA) is 71.4 Å². The van der Waals surface area contributed by atoms with Gasteiger partial charge in [0, 0.05) is 25.0 Å². The number of rotatable bonds is 7. The molecule has 0 amide bonds. The van der Waals surface area contributed by atoms with Gasteiger partial charge in [0.25, 0.3) is 0 Å². The fourth-order valence-corrected chi connectivity index (χ4v) is 5.14. The van der Waals surface area contributed by atoms with Gasteiger partial charge >= 0.3 is 6.01 Å². The largest absolute Gasteiger partial charge is 0.462 e. The Hall–Kier alpha value is -2.42. The number of aryl methyl sites for hydroxylation is 2. The average Bonchev–Trinajstić information content (AvgIpc) is 3.20. The van der Waals surface area contributed by atoms with Gasteiger partial charge in [-0.2, -0.15) is 0 Å². The Balaban J connectivity index is 1.55. The maximum absolute atomic E-state index is 13.4. The van der Waals surface area contributed by atoms with E-state index in [4.69, 9.17) is 4.74 Å². The average molecular weight is 457 g/mol. The van der Waals surface area contributed by atoms with Crippen molar-refractivity contribution in [3.8, 4) is 16.5 Å². The Bertz CT molecular complexity index is 1030. The van der Waals surface area contributed by atoms with E-state index in [-0.39, 0.29) is 11.9 Å². The third kappa shape index (κ3) is 4.98. The van der Waals surface area contributed by atoms with E-state index in [1.54, 1.807) is 24.5 Å². The van der Waals surface area contributed by atoms with Crippen LogP contribution in [0.25, 0.3) is 10.4 Å². The minimum Gasteiger partial charge on any atom is -0.462 e. The highest BCUT2D eigenvalue weighted by Crippen LogP contribution is 2.38. The molecule has 1 unspecified atom stereocenters. The Morgan fingerprint density at radius 2 is 1.97 bits per heavy atom. The van der Waals surface area contributed by atoms with Crippen molar-refractivity contribution in [1.82, 2.24) is 19.9 Å². The highest BCUT2D eigenvalue weighted by Gasteiger charge is 2.36. The molecule has 0 bridgehead atoms. The SMILES string of the molecule is CCc1cnc(OC[C@@H]2[C@H](C)CCCN2C(O)c2nc(C)sc2-c2ccc(F)cc2)nc1. The molecule has 170 valence electrons. The number of aliphatic hydroxyl groups is 1. The lowest BCUT2D eigenvalue weighted by molar-refractivity contribution is -0.0734. The van der Waals surface area contributed by atoms with Gasteiger partial charge in [0.05, 0.1) is 9.88 Å². The van der Waals surface area contributed by atoms with Gasteiger partial charge in [-0.05, 0) is 55.4 Å². The number of hydrogen-bond acceptors (Lipinski definition) is 7. The predicted molar refractivity (Wildman–Crippen MR) is 123 cm³/mol. The number of hydrogen-bond donors (Lipinski definition) is 1. The van der Waals surface area contributed by atoms with Crippen LogP contribution in [0.15, 0.2) is 36.7 Å². The van der Waals surface area contributed by atoms with E-state index in [1.807, 2.05) is 6.92 Å². The van der Waals surface area contributed by atoms with Crippen molar-refractivity contribution < 1.29 is 14.2 Å². The number of nitrogens with zero attached hydrogens (tertiary/aromatic N) is 4. The van der Waals surface area contributed by atoms with Gasteiger partial charge in [0.2, 0.25) is 0 Å². The second-order valence-corrected chi connectivity index (χ2v) is 9.49. The normalized spacial score (nSPS) is 20.3. The Morgan fingerprint density at radius 1 is 1.25 bits per heavy atom. The second-order valence-electron chi connectivity index (χ2n) is 8.29. The van der Waals surface area contributed by atoms with Gasteiger partial charge in [-0.25, -0.2) is 19.3 Å². The predicted octanol–water partition coefficient (Wildman–Crippen LogP) is 4.78. The lowest BCUT2D eigenvalue weighted by Gasteiger charge is -2.41. The molecule has 1 aliphatic rings. The summed E-state index contributed by atoms with van der Waals surface area (Å²) in [5.74, 6) is 0.0515. The van der Waals surface area contributed by atoms with Crippen LogP contribution in [0.5, 0.6) is 6.01 Å². The van der Waals surface area contributed by atoms with Gasteiger partial charge in [0.15, 0.2) is 6.23 Å². The summed E-state index contributed by atoms with van der Waals surface area (Å²) in [6, 6.07) is 6.68. The summed E-state index contributed by atoms with van der Waals surface area (Å²) in [5.41, 5.74) is 2.53. The first-order chi connectivity index (χ1) is 15.5. The molecular formula is C24H29FN4O2S. The van der Waals surface area contributed by atoms with Gasteiger partial charge < -0.3 is 9.84 Å². The second kappa shape index (κ2) is 10.0. The molecule has 1 N–H and O–H groups in total. The van der Waals surface area contributed by atoms with Crippen molar-refractivity contribution in [2.45, 2.75) is 52.3 Å². The summed E-state index contributed by atoms with van der Waals surface area (Å²) in [6.45, 7) is 7.29. The van der Waals surface area contributed by atoms with E-state index in [1.165, 1.54) is 23.5 Å². The smallest absolute Gasteiger partial charge is 0.316 e. The molecule has 0 radical (unpaired) electrons. The van der Waals surface area contributed by atoms with Crippen molar-refractivity contribution in [3.63, 3.8) is 0 Å². The Kier molecular flexibility index (Phi) is 7.13. The first-order valence-corrected chi connectivity index (χ1v) is 11.9. The van der Waals surface area contributed by atoms with Gasteiger partial charge in [0.1, 0.15) is 18.1 Å². The molecule has 2 aromatic heterocycles. The van der Waals surface area contributed by atoms with Crippen LogP contribution in [-0.4, -0.2) is 44.2 Å². The van der Waals surface area contributed by atoms with E-state index in [9.17, 15) is 9.50 Å². The molecule has 3 heterocycles. The molecule has 1 aromatic carbocycles. The number of thiazole rings is 1. The Labute approximate surface area is 192 Å². The molecule has 0 saturated carbocycles. The molecule has 3 aromatic rings. The fourth-order valence-electron chi connectivity index (χ4n) is 4.19. The van der Waals surface area contributed by atoms with Crippen LogP contribution in [-0.2, 0) is 6.42 Å². The summed E-state index contributed by atoms with van der Waals surface area (Å²) in [6.07, 6.45) is 5.63. The summed E-state index contributed by atoms with van der Waals surface area (Å²) in [5, 5.41) is 12.3. The van der Waals surface area contributed by atoms with E-state index in [2.05, 4.69) is 33.7 Å². The monoisotopic (exact) mass is 456 g/mol. The lowest BCUT2D eigenvalue weighted by Crippen LogP contribution is -2.49. The minimum atomic E-state index is -0.875. The number of aliphatic hydroxyl groups excluding tert-OH is 1. The summed E-state index contributed by atoms with van der Waals surface area (Å²) in [7, 11) is 0. The number of aromatic nitrogens is 3. The van der Waals surface area contributed by atoms with Gasteiger partial charge in [-0.15, -0.1) is 11.3 Å². The van der Waals surface area contributed by atoms with Crippen molar-refractivity contribution >= 4 is 11.3 Å². The summed E-state index contributed by atoms with van der Waals surface area (Å²) >= 11 is 1.51. The van der Waals surface area contributed by atoms with Crippen LogP contribution < -0.4 is 4.74 Å². The van der Waals surface area contributed by atoms with Crippen LogP contribution in [0.2, 0.25) is 0 Å². The standard InChI is InChI=1S/C24H29FN4O2S/c1-4-17-12-26-24(27-13-17)31-14-20-15(2)6-5-11-29(20)23(30)21-22(32-16(3)28-21)18-7-9-19(25)10-8-18/h7-10,12-13,15,20,23,30H,4-6,11,14H2,1-3H3/t15-,20-,23?/m1/s1. The van der Waals surface area contributed by atoms with Crippen molar-refractivity contribution in [3.05, 3.63) is 58.7 Å². The maximum atomic E-state index is 13.4. The Morgan fingerprint density at radius 3 is 2.66 bits per heavy atom. The van der Waals surface area contributed by atoms with Crippen LogP contribution >= 0.6 is 11.3 Å². The zero-order chi connectivity index (χ0) is 22.7. The number of ether oxygens (including phenoxy) is 1. The molecule has 8 heteroatoms. The van der Waals surface area contributed by atoms with E-state index < -0.39 is 6.23 Å². The van der Waals surface area contributed by atoms with E-state index in [0.717, 1.165) is 46.8 Å². The number of piperidine rings is 1. The molecule has 1 aliphatic heterocycles. The van der Waals surface area contributed by atoms with Crippen molar-refractivity contribution in [2.75, 3.05) is 13.2 Å². The molecule has 3 atom stereocenters. The van der Waals surface area contributed by atoms with Gasteiger partial charge in [-0.3, -0.25) is 4.90 Å². The zero-order valence-electron chi connectivity index (χ0n) is 18.7. The molecular weight excluding hydrogens is 427 g/mol. The number of halogens is 1. The van der Waals surface area contributed by atoms with Crippen LogP contribution in [0.3, 0.4) is 0 Å². The molecule has 0 aliphatic carbocycles. The fraction of sp³-hybridized carbons (Fsp3) is 0.458. The van der Waals surface area contributed by atoms with E-state index >= 15 is 0 Å². The highest BCUT2D eigenvalue weighted by molar-refractivity contribution is 7.15. The van der Waals surface area contributed by atoms with Crippen molar-refractivity contribution in [1.29, 1.82) is 0 Å². The number of benzene rings is 1. The summed E-state index contributed by atoms with van der Waals surface area (Å²) < 4.78 is 19.4. The maximum Gasteiger partial charge on any atom is 0.316 e. The number of likely N-dealkylation sites (tertiary alicyclic amines) is 1. The first kappa shape index (κ1) is 22.8. The molecule has 4 rings (SSSR count). The molecule has 1 saturated heterocycles. The molecule has 0 spiro atoms. The van der Waals surface area contributed by atoms with Crippen LogP contribution in [0.4, 0.5) is 4.39 Å². The van der Waals surface area contributed by atoms with Gasteiger partial charge in [-0.1, -0.05) is 26.0 Å². The molecule has 6 nitrogen and oxygen atoms in total. The van der Waals surface area contributed by atoms with E-state index in [0.29, 0.717) is 24.2 Å². The van der Waals surface area contributed by atoms with Crippen LogP contribution in [0.1, 0.15) is 49.2 Å². The van der Waals surface area contributed by atoms with Crippen molar-refractivity contribution in [2.24, 2.45) is 5.92 Å². The quantitative estimate of drug-likeness (QED) is 0.552. The zero-order valence-corrected chi connectivity index (χ0v) is 19.5. The first-order valence-electron chi connectivity index (χ1n) is 11.1. The summed E-state index contributed by atoms with van der Waals surface area (Å²) in [4.78, 5) is 16.2. The highest BCUT2D eigenvalue weighted by atomic mass is 32.1. The minimum absolute atomic E-state index is 0.00345. The third-order valence-corrected chi connectivity index (χ3v) is 7.09. The molecule has 1 fully saturated rings. The third-order valence-electron chi connectivity index (χ3n) is 6.06. The van der Waals surface area contributed by atoms with Crippen LogP contribution in [0, 0.1) is 18.7 Å².